The zero-order valence-corrected chi connectivity index (χ0v) is 15.8. The van der Waals surface area contributed by atoms with Crippen molar-refractivity contribution in [2.75, 3.05) is 5.32 Å². The van der Waals surface area contributed by atoms with Gasteiger partial charge >= 0.3 is 6.18 Å². The van der Waals surface area contributed by atoms with E-state index in [1.807, 2.05) is 32.0 Å². The van der Waals surface area contributed by atoms with Gasteiger partial charge in [-0.15, -0.1) is 11.3 Å². The Morgan fingerprint density at radius 3 is 2.15 bits per heavy atom. The maximum Gasteiger partial charge on any atom is 0.416 e. The van der Waals surface area contributed by atoms with Crippen LogP contribution in [0.2, 0.25) is 0 Å². The molecule has 0 radical (unpaired) electrons. The first-order chi connectivity index (χ1) is 12.7. The quantitative estimate of drug-likeness (QED) is 0.595. The molecule has 140 valence electrons. The van der Waals surface area contributed by atoms with E-state index < -0.39 is 11.7 Å². The number of carbonyl (C=O) groups excluding carboxylic acids is 1. The van der Waals surface area contributed by atoms with Crippen molar-refractivity contribution in [3.63, 3.8) is 0 Å². The number of alkyl halides is 3. The van der Waals surface area contributed by atoms with Gasteiger partial charge in [0.25, 0.3) is 5.91 Å². The maximum absolute atomic E-state index is 12.7. The minimum atomic E-state index is -4.38. The van der Waals surface area contributed by atoms with Gasteiger partial charge in [-0.25, -0.2) is 4.98 Å². The monoisotopic (exact) mass is 390 g/mol. The molecule has 0 spiro atoms. The molecule has 0 unspecified atom stereocenters. The SMILES string of the molecule is Cc1cccc(C)c1NC(=O)c1sc(-c2ccc(C(F)(F)F)cc2)nc1C. The molecule has 0 aliphatic rings. The molecule has 0 atom stereocenters. The minimum absolute atomic E-state index is 0.277. The lowest BCUT2D eigenvalue weighted by molar-refractivity contribution is -0.137. The van der Waals surface area contributed by atoms with Crippen LogP contribution in [-0.4, -0.2) is 10.9 Å². The molecule has 3 rings (SSSR count). The molecule has 7 heteroatoms. The summed E-state index contributed by atoms with van der Waals surface area (Å²) in [6, 6.07) is 10.5. The lowest BCUT2D eigenvalue weighted by Gasteiger charge is -2.10. The fourth-order valence-corrected chi connectivity index (χ4v) is 3.68. The van der Waals surface area contributed by atoms with Crippen molar-refractivity contribution < 1.29 is 18.0 Å². The summed E-state index contributed by atoms with van der Waals surface area (Å²) in [5.74, 6) is -0.277. The second-order valence-corrected chi connectivity index (χ2v) is 7.23. The Bertz CT molecular complexity index is 971. The second-order valence-electron chi connectivity index (χ2n) is 6.23. The van der Waals surface area contributed by atoms with E-state index in [0.29, 0.717) is 21.1 Å². The molecule has 0 aliphatic heterocycles. The molecule has 0 saturated heterocycles. The van der Waals surface area contributed by atoms with Crippen molar-refractivity contribution in [3.05, 3.63) is 69.7 Å². The van der Waals surface area contributed by atoms with Crippen molar-refractivity contribution in [1.29, 1.82) is 0 Å². The van der Waals surface area contributed by atoms with Crippen molar-refractivity contribution >= 4 is 22.9 Å². The molecule has 3 aromatic rings. The van der Waals surface area contributed by atoms with Crippen LogP contribution in [-0.2, 0) is 6.18 Å². The van der Waals surface area contributed by atoms with Crippen LogP contribution in [0.1, 0.15) is 32.1 Å². The third kappa shape index (κ3) is 4.03. The number of hydrogen-bond donors (Lipinski definition) is 1. The minimum Gasteiger partial charge on any atom is -0.321 e. The van der Waals surface area contributed by atoms with Gasteiger partial charge in [-0.05, 0) is 44.0 Å². The van der Waals surface area contributed by atoms with Crippen LogP contribution in [0.5, 0.6) is 0 Å². The Hall–Kier alpha value is -2.67. The van der Waals surface area contributed by atoms with Gasteiger partial charge in [0.15, 0.2) is 0 Å². The van der Waals surface area contributed by atoms with Crippen molar-refractivity contribution in [2.24, 2.45) is 0 Å². The fraction of sp³-hybridized carbons (Fsp3) is 0.200. The van der Waals surface area contributed by atoms with Gasteiger partial charge in [-0.2, -0.15) is 13.2 Å². The maximum atomic E-state index is 12.7. The number of halogens is 3. The summed E-state index contributed by atoms with van der Waals surface area (Å²) in [6.45, 7) is 5.54. The molecule has 2 aromatic carbocycles. The van der Waals surface area contributed by atoms with Crippen molar-refractivity contribution in [3.8, 4) is 10.6 Å². The standard InChI is InChI=1S/C20H17F3N2OS/c1-11-5-4-6-12(2)16(11)25-18(26)17-13(3)24-19(27-17)14-7-9-15(10-8-14)20(21,22)23/h4-10H,1-3H3,(H,25,26). The van der Waals surface area contributed by atoms with Crippen LogP contribution in [0.15, 0.2) is 42.5 Å². The van der Waals surface area contributed by atoms with Crippen LogP contribution in [0.3, 0.4) is 0 Å². The number of thiazole rings is 1. The average molecular weight is 390 g/mol. The number of aryl methyl sites for hydroxylation is 3. The Morgan fingerprint density at radius 2 is 1.59 bits per heavy atom. The molecule has 0 fully saturated rings. The van der Waals surface area contributed by atoms with Gasteiger partial charge in [0.1, 0.15) is 9.88 Å². The molecule has 3 nitrogen and oxygen atoms in total. The van der Waals surface area contributed by atoms with E-state index in [9.17, 15) is 18.0 Å². The van der Waals surface area contributed by atoms with E-state index in [1.54, 1.807) is 6.92 Å². The third-order valence-corrected chi connectivity index (χ3v) is 5.39. The zero-order valence-electron chi connectivity index (χ0n) is 14.9. The lowest BCUT2D eigenvalue weighted by Crippen LogP contribution is -2.13. The predicted molar refractivity (Wildman–Crippen MR) is 101 cm³/mol. The number of hydrogen-bond acceptors (Lipinski definition) is 3. The Balaban J connectivity index is 1.87. The van der Waals surface area contributed by atoms with E-state index in [2.05, 4.69) is 10.3 Å². The number of nitrogens with zero attached hydrogens (tertiary/aromatic N) is 1. The first kappa shape index (κ1) is 19.1. The second kappa shape index (κ2) is 7.15. The smallest absolute Gasteiger partial charge is 0.321 e. The van der Waals surface area contributed by atoms with Gasteiger partial charge in [0.2, 0.25) is 0 Å². The van der Waals surface area contributed by atoms with Crippen LogP contribution < -0.4 is 5.32 Å². The van der Waals surface area contributed by atoms with E-state index in [-0.39, 0.29) is 5.91 Å². The summed E-state index contributed by atoms with van der Waals surface area (Å²) in [4.78, 5) is 17.5. The summed E-state index contributed by atoms with van der Waals surface area (Å²) >= 11 is 1.16. The van der Waals surface area contributed by atoms with E-state index in [4.69, 9.17) is 0 Å². The van der Waals surface area contributed by atoms with Gasteiger partial charge in [0, 0.05) is 11.3 Å². The number of carbonyl (C=O) groups is 1. The average Bonchev–Trinajstić information content (AvgIpc) is 2.99. The van der Waals surface area contributed by atoms with E-state index in [1.165, 1.54) is 12.1 Å². The molecule has 0 bridgehead atoms. The molecule has 1 N–H and O–H groups in total. The van der Waals surface area contributed by atoms with Gasteiger partial charge < -0.3 is 5.32 Å². The van der Waals surface area contributed by atoms with E-state index >= 15 is 0 Å². The Kier molecular flexibility index (Phi) is 5.06. The molecular formula is C20H17F3N2OS. The summed E-state index contributed by atoms with van der Waals surface area (Å²) in [6.07, 6.45) is -4.38. The lowest BCUT2D eigenvalue weighted by atomic mass is 10.1. The largest absolute Gasteiger partial charge is 0.416 e. The van der Waals surface area contributed by atoms with Gasteiger partial charge in [0.05, 0.1) is 11.3 Å². The predicted octanol–water partition coefficient (Wildman–Crippen LogP) is 6.01. The number of para-hydroxylation sites is 1. The molecule has 27 heavy (non-hydrogen) atoms. The summed E-state index contributed by atoms with van der Waals surface area (Å²) in [5.41, 5.74) is 3.03. The highest BCUT2D eigenvalue weighted by molar-refractivity contribution is 7.17. The normalized spacial score (nSPS) is 11.5. The van der Waals surface area contributed by atoms with Gasteiger partial charge in [-0.3, -0.25) is 4.79 Å². The number of anilines is 1. The highest BCUT2D eigenvalue weighted by Gasteiger charge is 2.30. The van der Waals surface area contributed by atoms with Gasteiger partial charge in [-0.1, -0.05) is 30.3 Å². The molecule has 1 heterocycles. The summed E-state index contributed by atoms with van der Waals surface area (Å²) < 4.78 is 38.1. The van der Waals surface area contributed by atoms with Crippen molar-refractivity contribution in [1.82, 2.24) is 4.98 Å². The van der Waals surface area contributed by atoms with Crippen LogP contribution in [0, 0.1) is 20.8 Å². The highest BCUT2D eigenvalue weighted by atomic mass is 32.1. The topological polar surface area (TPSA) is 42.0 Å². The molecule has 1 amide bonds. The molecule has 0 saturated carbocycles. The van der Waals surface area contributed by atoms with Crippen LogP contribution in [0.25, 0.3) is 10.6 Å². The number of benzene rings is 2. The molecule has 0 aliphatic carbocycles. The number of nitrogens with one attached hydrogen (secondary N) is 1. The first-order valence-electron chi connectivity index (χ1n) is 8.19. The number of aromatic nitrogens is 1. The summed E-state index contributed by atoms with van der Waals surface area (Å²) in [5, 5.41) is 3.42. The third-order valence-electron chi connectivity index (χ3n) is 4.18. The molecular weight excluding hydrogens is 373 g/mol. The Labute approximate surface area is 158 Å². The summed E-state index contributed by atoms with van der Waals surface area (Å²) in [7, 11) is 0. The molecule has 1 aromatic heterocycles. The Morgan fingerprint density at radius 1 is 1.00 bits per heavy atom. The number of rotatable bonds is 3. The van der Waals surface area contributed by atoms with Crippen molar-refractivity contribution in [2.45, 2.75) is 26.9 Å². The highest BCUT2D eigenvalue weighted by Crippen LogP contribution is 2.33. The van der Waals surface area contributed by atoms with E-state index in [0.717, 1.165) is 40.3 Å². The van der Waals surface area contributed by atoms with Crippen LogP contribution in [0.4, 0.5) is 18.9 Å². The zero-order chi connectivity index (χ0) is 19.8. The van der Waals surface area contributed by atoms with Crippen LogP contribution >= 0.6 is 11.3 Å². The first-order valence-corrected chi connectivity index (χ1v) is 9.01. The number of amides is 1. The fourth-order valence-electron chi connectivity index (χ4n) is 2.71.